The molecular formula is C11H15F2N3O2. The average molecular weight is 259 g/mol. The molecule has 0 heterocycles. The number of carbonyl (C=O) groups is 1. The topological polar surface area (TPSA) is 92.6 Å². The molecule has 5 nitrogen and oxygen atoms in total. The smallest absolute Gasteiger partial charge is 0.255 e. The quantitative estimate of drug-likeness (QED) is 0.673. The van der Waals surface area contributed by atoms with Gasteiger partial charge in [0.2, 0.25) is 0 Å². The van der Waals surface area contributed by atoms with Crippen LogP contribution in [0.15, 0.2) is 18.2 Å². The molecule has 0 aliphatic carbocycles. The van der Waals surface area contributed by atoms with E-state index >= 15 is 0 Å². The minimum atomic E-state index is -2.67. The number of hydrogen-bond donors (Lipinski definition) is 3. The van der Waals surface area contributed by atoms with Gasteiger partial charge in [0.25, 0.3) is 12.3 Å². The average Bonchev–Trinajstić information content (AvgIpc) is 2.25. The number of amides is 1. The third-order valence-electron chi connectivity index (χ3n) is 2.24. The molecule has 0 radical (unpaired) electrons. The number of hydrogen-bond acceptors (Lipinski definition) is 4. The van der Waals surface area contributed by atoms with E-state index in [1.807, 2.05) is 0 Å². The number of anilines is 2. The maximum atomic E-state index is 12.3. The summed E-state index contributed by atoms with van der Waals surface area (Å²) in [7, 11) is 0. The molecule has 0 aromatic heterocycles. The Kier molecular flexibility index (Phi) is 4.85. The van der Waals surface area contributed by atoms with Crippen molar-refractivity contribution >= 4 is 17.3 Å². The fraction of sp³-hybridized carbons (Fsp3) is 0.364. The molecule has 0 unspecified atom stereocenters. The largest absolute Gasteiger partial charge is 0.399 e. The molecule has 1 rings (SSSR count). The van der Waals surface area contributed by atoms with Gasteiger partial charge < -0.3 is 21.5 Å². The van der Waals surface area contributed by atoms with Gasteiger partial charge in [-0.3, -0.25) is 4.79 Å². The summed E-state index contributed by atoms with van der Waals surface area (Å²) >= 11 is 0. The molecule has 18 heavy (non-hydrogen) atoms. The molecule has 5 N–H and O–H groups in total. The minimum Gasteiger partial charge on any atom is -0.399 e. The highest BCUT2D eigenvalue weighted by Crippen LogP contribution is 2.16. The first-order valence-corrected chi connectivity index (χ1v) is 5.28. The minimum absolute atomic E-state index is 0.126. The number of nitrogens with two attached hydrogens (primary N) is 2. The van der Waals surface area contributed by atoms with Crippen molar-refractivity contribution in [3.05, 3.63) is 23.8 Å². The van der Waals surface area contributed by atoms with Gasteiger partial charge in [-0.15, -0.1) is 0 Å². The summed E-state index contributed by atoms with van der Waals surface area (Å²) < 4.78 is 24.6. The van der Waals surface area contributed by atoms with Crippen LogP contribution >= 0.6 is 0 Å². The predicted octanol–water partition coefficient (Wildman–Crippen LogP) is 0.551. The number of halogens is 2. The molecule has 7 heteroatoms. The number of nitrogen functional groups attached to an aromatic ring is 2. The third-order valence-corrected chi connectivity index (χ3v) is 2.24. The number of aliphatic hydroxyl groups excluding tert-OH is 1. The molecule has 0 atom stereocenters. The summed E-state index contributed by atoms with van der Waals surface area (Å²) in [5, 5.41) is 8.77. The summed E-state index contributed by atoms with van der Waals surface area (Å²) in [6, 6.07) is 4.17. The second-order valence-electron chi connectivity index (χ2n) is 3.75. The van der Waals surface area contributed by atoms with Crippen LogP contribution in [0.25, 0.3) is 0 Å². The van der Waals surface area contributed by atoms with Crippen LogP contribution in [0.4, 0.5) is 20.2 Å². The predicted molar refractivity (Wildman–Crippen MR) is 64.3 cm³/mol. The number of alkyl halides is 2. The highest BCUT2D eigenvalue weighted by Gasteiger charge is 2.19. The van der Waals surface area contributed by atoms with Crippen molar-refractivity contribution in [3.63, 3.8) is 0 Å². The maximum absolute atomic E-state index is 12.3. The SMILES string of the molecule is Nc1cc(N)cc(C(=O)N(CCO)CC(F)F)c1. The van der Waals surface area contributed by atoms with E-state index in [4.69, 9.17) is 16.6 Å². The van der Waals surface area contributed by atoms with Crippen LogP contribution in [0.2, 0.25) is 0 Å². The lowest BCUT2D eigenvalue weighted by Crippen LogP contribution is -2.37. The van der Waals surface area contributed by atoms with Crippen LogP contribution in [0.5, 0.6) is 0 Å². The first-order chi connectivity index (χ1) is 8.43. The zero-order chi connectivity index (χ0) is 13.7. The third kappa shape index (κ3) is 3.85. The lowest BCUT2D eigenvalue weighted by Gasteiger charge is -2.21. The molecule has 1 aromatic rings. The van der Waals surface area contributed by atoms with Crippen molar-refractivity contribution in [2.45, 2.75) is 6.43 Å². The maximum Gasteiger partial charge on any atom is 0.255 e. The first-order valence-electron chi connectivity index (χ1n) is 5.28. The van der Waals surface area contributed by atoms with Crippen LogP contribution in [-0.4, -0.2) is 42.0 Å². The van der Waals surface area contributed by atoms with E-state index < -0.39 is 25.5 Å². The Labute approximate surface area is 103 Å². The summed E-state index contributed by atoms with van der Waals surface area (Å²) in [6.45, 7) is -1.30. The van der Waals surface area contributed by atoms with Gasteiger partial charge in [-0.2, -0.15) is 0 Å². The summed E-state index contributed by atoms with van der Waals surface area (Å²) in [5.74, 6) is -0.636. The fourth-order valence-electron chi connectivity index (χ4n) is 1.55. The van der Waals surface area contributed by atoms with Crippen LogP contribution in [0.1, 0.15) is 10.4 Å². The second kappa shape index (κ2) is 6.15. The molecule has 0 aliphatic heterocycles. The highest BCUT2D eigenvalue weighted by atomic mass is 19.3. The van der Waals surface area contributed by atoms with Crippen LogP contribution in [0, 0.1) is 0 Å². The first kappa shape index (κ1) is 14.2. The van der Waals surface area contributed by atoms with E-state index in [1.165, 1.54) is 18.2 Å². The molecule has 100 valence electrons. The Balaban J connectivity index is 2.93. The van der Waals surface area contributed by atoms with E-state index in [-0.39, 0.29) is 23.5 Å². The Bertz CT molecular complexity index is 406. The Hall–Kier alpha value is -1.89. The lowest BCUT2D eigenvalue weighted by molar-refractivity contribution is 0.0509. The van der Waals surface area contributed by atoms with Gasteiger partial charge in [-0.05, 0) is 18.2 Å². The lowest BCUT2D eigenvalue weighted by atomic mass is 10.1. The van der Waals surface area contributed by atoms with Crippen molar-refractivity contribution in [3.8, 4) is 0 Å². The van der Waals surface area contributed by atoms with Gasteiger partial charge in [0.1, 0.15) is 0 Å². The fourth-order valence-corrected chi connectivity index (χ4v) is 1.55. The van der Waals surface area contributed by atoms with E-state index in [9.17, 15) is 13.6 Å². The number of nitrogens with zero attached hydrogens (tertiary/aromatic N) is 1. The zero-order valence-corrected chi connectivity index (χ0v) is 9.64. The standard InChI is InChI=1S/C11H15F2N3O2/c12-10(13)6-16(1-2-17)11(18)7-3-8(14)5-9(15)4-7/h3-5,10,17H,1-2,6,14-15H2. The summed E-state index contributed by atoms with van der Waals surface area (Å²) in [4.78, 5) is 12.8. The Morgan fingerprint density at radius 2 is 1.83 bits per heavy atom. The van der Waals surface area contributed by atoms with Crippen LogP contribution < -0.4 is 11.5 Å². The van der Waals surface area contributed by atoms with Crippen molar-refractivity contribution in [2.24, 2.45) is 0 Å². The highest BCUT2D eigenvalue weighted by molar-refractivity contribution is 5.96. The molecule has 0 aliphatic rings. The zero-order valence-electron chi connectivity index (χ0n) is 9.64. The molecule has 0 saturated carbocycles. The number of benzene rings is 1. The van der Waals surface area contributed by atoms with Gasteiger partial charge in [-0.25, -0.2) is 8.78 Å². The molecule has 0 bridgehead atoms. The number of rotatable bonds is 5. The van der Waals surface area contributed by atoms with Gasteiger partial charge >= 0.3 is 0 Å². The van der Waals surface area contributed by atoms with Crippen molar-refractivity contribution in [2.75, 3.05) is 31.2 Å². The Morgan fingerprint density at radius 1 is 1.28 bits per heavy atom. The second-order valence-corrected chi connectivity index (χ2v) is 3.75. The van der Waals surface area contributed by atoms with Crippen molar-refractivity contribution < 1.29 is 18.7 Å². The van der Waals surface area contributed by atoms with E-state index in [1.54, 1.807) is 0 Å². The van der Waals surface area contributed by atoms with E-state index in [2.05, 4.69) is 0 Å². The van der Waals surface area contributed by atoms with Gasteiger partial charge in [0, 0.05) is 23.5 Å². The molecule has 1 amide bonds. The number of aliphatic hydroxyl groups is 1. The van der Waals surface area contributed by atoms with Gasteiger partial charge in [-0.1, -0.05) is 0 Å². The van der Waals surface area contributed by atoms with E-state index in [0.29, 0.717) is 0 Å². The molecule has 0 spiro atoms. The molecule has 0 saturated heterocycles. The summed E-state index contributed by atoms with van der Waals surface area (Å²) in [6.07, 6.45) is -2.67. The molecule has 1 aromatic carbocycles. The Morgan fingerprint density at radius 3 is 2.28 bits per heavy atom. The number of carbonyl (C=O) groups excluding carboxylic acids is 1. The van der Waals surface area contributed by atoms with Crippen LogP contribution in [-0.2, 0) is 0 Å². The normalized spacial score (nSPS) is 10.7. The van der Waals surface area contributed by atoms with Gasteiger partial charge in [0.05, 0.1) is 13.2 Å². The monoisotopic (exact) mass is 259 g/mol. The van der Waals surface area contributed by atoms with Crippen LogP contribution in [0.3, 0.4) is 0 Å². The van der Waals surface area contributed by atoms with Crippen molar-refractivity contribution in [1.82, 2.24) is 4.90 Å². The summed E-state index contributed by atoms with van der Waals surface area (Å²) in [5.41, 5.74) is 11.7. The van der Waals surface area contributed by atoms with Gasteiger partial charge in [0.15, 0.2) is 0 Å². The van der Waals surface area contributed by atoms with Crippen molar-refractivity contribution in [1.29, 1.82) is 0 Å². The molecule has 0 fully saturated rings. The van der Waals surface area contributed by atoms with E-state index in [0.717, 1.165) is 4.90 Å². The molecular weight excluding hydrogens is 244 g/mol.